The van der Waals surface area contributed by atoms with Crippen LogP contribution in [-0.4, -0.2) is 292 Å². The lowest BCUT2D eigenvalue weighted by atomic mass is 9.98. The van der Waals surface area contributed by atoms with Crippen LogP contribution >= 0.6 is 11.8 Å². The lowest BCUT2D eigenvalue weighted by Gasteiger charge is -2.38. The van der Waals surface area contributed by atoms with Crippen molar-refractivity contribution < 1.29 is 120 Å². The summed E-state index contributed by atoms with van der Waals surface area (Å²) < 4.78 is 45.1. The average molecular weight is 1900 g/mol. The monoisotopic (exact) mass is 1900 g/mol. The Balaban J connectivity index is 1.14. The molecule has 3 saturated heterocycles. The number of aromatic hydroxyl groups is 2. The summed E-state index contributed by atoms with van der Waals surface area (Å²) in [4.78, 5) is 258. The van der Waals surface area contributed by atoms with Crippen molar-refractivity contribution in [2.24, 2.45) is 17.6 Å². The zero-order chi connectivity index (χ0) is 98.9. The second-order valence-electron chi connectivity index (χ2n) is 34.8. The van der Waals surface area contributed by atoms with Crippen LogP contribution in [0.4, 0.5) is 13.2 Å². The number of hydrogen-bond donors (Lipinski definition) is 16. The van der Waals surface area contributed by atoms with E-state index in [1.54, 1.807) is 81.6 Å². The maximum absolute atomic E-state index is 15.7. The van der Waals surface area contributed by atoms with Gasteiger partial charge in [-0.1, -0.05) is 120 Å². The number of nitrogens with two attached hydrogens (primary N) is 1. The van der Waals surface area contributed by atoms with Crippen LogP contribution in [0.1, 0.15) is 127 Å². The number of halogens is 3. The third kappa shape index (κ3) is 29.2. The van der Waals surface area contributed by atoms with Crippen LogP contribution in [0.3, 0.4) is 0 Å². The highest BCUT2D eigenvalue weighted by Gasteiger charge is 2.48. The number of phenolic OH excluding ortho intramolecular Hbond substituents is 2. The van der Waals surface area contributed by atoms with Gasteiger partial charge in [-0.2, -0.15) is 0 Å². The number of carboxylic acid groups (broad SMARTS) is 2. The van der Waals surface area contributed by atoms with Crippen molar-refractivity contribution >= 4 is 123 Å². The second kappa shape index (κ2) is 48.8. The number of nitrogens with one attached hydrogen (secondary N) is 10. The Kier molecular flexibility index (Phi) is 38.0. The summed E-state index contributed by atoms with van der Waals surface area (Å²) in [5, 5.41) is 76.4. The smallest absolute Gasteiger partial charge is 0.305 e. The Bertz CT molecular complexity index is 5290. The van der Waals surface area contributed by atoms with E-state index in [4.69, 9.17) is 5.73 Å². The van der Waals surface area contributed by atoms with Crippen LogP contribution in [0.5, 0.6) is 11.5 Å². The first-order valence-electron chi connectivity index (χ1n) is 44.4. The highest BCUT2D eigenvalue weighted by molar-refractivity contribution is 8.00. The number of thioether (sulfide) groups is 1. The Morgan fingerprint density at radius 1 is 0.533 bits per heavy atom. The van der Waals surface area contributed by atoms with E-state index >= 15 is 56.7 Å². The number of H-pyrrole nitrogens is 1. The fraction of sp³-hybridized carbons (Fsp3) is 0.473. The largest absolute Gasteiger partial charge is 0.508 e. The predicted octanol–water partition coefficient (Wildman–Crippen LogP) is 1.40. The number of amides is 15. The first kappa shape index (κ1) is 105. The molecule has 0 bridgehead atoms. The number of phenols is 2. The van der Waals surface area contributed by atoms with E-state index in [9.17, 15) is 63.5 Å². The number of aliphatic hydroxyl groups is 1. The third-order valence-corrected chi connectivity index (χ3v) is 24.8. The predicted molar refractivity (Wildman–Crippen MR) is 484 cm³/mol. The highest BCUT2D eigenvalue weighted by Crippen LogP contribution is 2.29. The van der Waals surface area contributed by atoms with E-state index in [-0.39, 0.29) is 63.0 Å². The molecule has 4 heterocycles. The number of aliphatic carboxylic acids is 2. The first-order valence-corrected chi connectivity index (χ1v) is 45.5. The third-order valence-electron chi connectivity index (χ3n) is 23.8. The molecule has 135 heavy (non-hydrogen) atoms. The SMILES string of the molecule is CCCC[C@H]1C(=O)N2CCC[C@@H]2C(=O)N[C@@H](CC(=O)O)C(=O)N[C@@H](C(C)C)C(=O)N(C)[C@@H](Cc2ccccc2)C(=O)N[C@@H](CCC(=O)O)C(=O)N2C[C@H](O)C[C@@H]2C(=O)N[C@@H](Cc2c[nH]c3ccccc23)C(=O)N[C@@H](Cc2ccc(O)cc2)C(=O)N[C@@H](CC(C)C)C(=O)N[C@H](C(=O)NCC(N)=O)CSCC(=O)N[C@@H](Cc2cc(F)c(F)c(F)c2)C(=O)N(C)[C@@H](Cc2ccc(O)cc2)C(=O)N1C. The van der Waals surface area contributed by atoms with Gasteiger partial charge in [0.15, 0.2) is 17.5 Å². The molecule has 17 N–H and O–H groups in total. The summed E-state index contributed by atoms with van der Waals surface area (Å²) in [7, 11) is 3.57. The van der Waals surface area contributed by atoms with E-state index in [2.05, 4.69) is 52.8 Å². The number of aromatic nitrogens is 1. The van der Waals surface area contributed by atoms with Crippen molar-refractivity contribution in [2.45, 2.75) is 216 Å². The van der Waals surface area contributed by atoms with Gasteiger partial charge in [0.25, 0.3) is 0 Å². The molecule has 3 aliphatic rings. The van der Waals surface area contributed by atoms with Crippen molar-refractivity contribution in [2.75, 3.05) is 52.3 Å². The van der Waals surface area contributed by atoms with Crippen LogP contribution in [0.2, 0.25) is 0 Å². The molecule has 3 aliphatic heterocycles. The van der Waals surface area contributed by atoms with E-state index in [0.717, 1.165) is 31.5 Å². The van der Waals surface area contributed by atoms with Crippen molar-refractivity contribution in [3.8, 4) is 11.5 Å². The van der Waals surface area contributed by atoms with Crippen molar-refractivity contribution in [1.82, 2.24) is 77.3 Å². The summed E-state index contributed by atoms with van der Waals surface area (Å²) >= 11 is 0.636. The van der Waals surface area contributed by atoms with Crippen LogP contribution in [0.15, 0.2) is 121 Å². The van der Waals surface area contributed by atoms with Gasteiger partial charge < -0.3 is 109 Å². The molecule has 0 unspecified atom stereocenters. The van der Waals surface area contributed by atoms with Crippen molar-refractivity contribution in [3.05, 3.63) is 167 Å². The van der Waals surface area contributed by atoms with Gasteiger partial charge in [0.1, 0.15) is 90.0 Å². The number of hydrogen-bond acceptors (Lipinski definition) is 21. The summed E-state index contributed by atoms with van der Waals surface area (Å²) in [5.41, 5.74) is 7.05. The van der Waals surface area contributed by atoms with E-state index in [0.29, 0.717) is 63.5 Å². The molecule has 42 heteroatoms. The van der Waals surface area contributed by atoms with Gasteiger partial charge in [-0.3, -0.25) is 81.5 Å². The highest BCUT2D eigenvalue weighted by atomic mass is 32.2. The topological polar surface area (TPSA) is 558 Å². The maximum atomic E-state index is 15.7. The van der Waals surface area contributed by atoms with Gasteiger partial charge in [-0.15, -0.1) is 11.8 Å². The summed E-state index contributed by atoms with van der Waals surface area (Å²) in [6.07, 6.45) is -4.97. The Morgan fingerprint density at radius 2 is 1.07 bits per heavy atom. The molecule has 0 spiro atoms. The van der Waals surface area contributed by atoms with Crippen molar-refractivity contribution in [1.29, 1.82) is 0 Å². The van der Waals surface area contributed by atoms with Crippen LogP contribution in [-0.2, 0) is 114 Å². The van der Waals surface area contributed by atoms with Gasteiger partial charge >= 0.3 is 11.9 Å². The molecule has 38 nitrogen and oxygen atoms in total. The molecule has 0 aliphatic carbocycles. The standard InChI is InChI=1S/C93H117F3N16O22S/c1-9-10-21-71-92(133)111-33-16-22-70(111)86(127)105-67(43-78(120)121)85(126)107-80(50(4)5)93(134)109(7)72(39-51-17-12-11-13-18-51)87(128)101-63(31-32-77(118)119)90(131)112-46-58(115)42-73(112)88(129)104-66(41-55-44-98-62-20-15-14-19-59(55)62)84(125)103-65(37-52-23-27-56(113)28-24-52)83(124)102-64(34-49(2)3)82(123)106-69(81(122)99-45-75(97)116)47-135-48-76(117)100-68(38-54-35-60(94)79(96)61(95)36-54)89(130)110(8)74(91(132)108(71)6)40-53-25-29-57(114)30-26-53/h11-15,17-20,23-30,35-36,44,49-50,58,63-74,80,98,113-115H,9-10,16,21-22,31-34,37-43,45-48H2,1-8H3,(H2,97,116)(H,99,122)(H,100,117)(H,101,128)(H,102,124)(H,103,125)(H,104,129)(H,105,127)(H,106,123)(H,107,126)(H,118,119)(H,120,121)/t58-,63+,64+,65+,66+,67+,68+,69+,70-,71+,72+,73-,74+,80+/m1/s1. The van der Waals surface area contributed by atoms with Crippen LogP contribution in [0.25, 0.3) is 10.9 Å². The zero-order valence-corrected chi connectivity index (χ0v) is 76.8. The van der Waals surface area contributed by atoms with Gasteiger partial charge in [-0.05, 0) is 114 Å². The molecule has 15 amide bonds. The summed E-state index contributed by atoms with van der Waals surface area (Å²) in [6, 6.07) is 4.53. The molecule has 5 aromatic carbocycles. The first-order chi connectivity index (χ1) is 64.0. The van der Waals surface area contributed by atoms with E-state index < -0.39 is 290 Å². The quantitative estimate of drug-likeness (QED) is 0.0381. The van der Waals surface area contributed by atoms with Gasteiger partial charge in [0, 0.05) is 102 Å². The molecule has 9 rings (SSSR count). The molecule has 728 valence electrons. The lowest BCUT2D eigenvalue weighted by molar-refractivity contribution is -0.152. The number of aliphatic hydroxyl groups excluding tert-OH is 1. The fourth-order valence-electron chi connectivity index (χ4n) is 16.5. The summed E-state index contributed by atoms with van der Waals surface area (Å²) in [5.74, 6) is -27.3. The number of para-hydroxylation sites is 1. The number of aromatic amines is 1. The molecule has 14 atom stereocenters. The van der Waals surface area contributed by atoms with E-state index in [1.165, 1.54) is 76.5 Å². The minimum absolute atomic E-state index is 0.0882. The number of likely N-dealkylation sites (N-methyl/N-ethyl adjacent to an activating group) is 3. The van der Waals surface area contributed by atoms with Gasteiger partial charge in [0.2, 0.25) is 88.6 Å². The molecule has 3 fully saturated rings. The summed E-state index contributed by atoms with van der Waals surface area (Å²) in [6.45, 7) is 6.56. The zero-order valence-electron chi connectivity index (χ0n) is 76.0. The number of benzene rings is 5. The van der Waals surface area contributed by atoms with Crippen molar-refractivity contribution in [3.63, 3.8) is 0 Å². The number of carbonyl (C=O) groups excluding carboxylic acids is 15. The molecule has 1 aromatic heterocycles. The normalized spacial score (nSPS) is 24.0. The Hall–Kier alpha value is -13.7. The number of carbonyl (C=O) groups is 17. The van der Waals surface area contributed by atoms with Crippen LogP contribution < -0.4 is 53.6 Å². The number of primary amides is 1. The van der Waals surface area contributed by atoms with Gasteiger partial charge in [0.05, 0.1) is 24.8 Å². The molecular weight excluding hydrogens is 1780 g/mol. The van der Waals surface area contributed by atoms with E-state index in [1.807, 2.05) is 0 Å². The Morgan fingerprint density at radius 3 is 1.69 bits per heavy atom. The second-order valence-corrected chi connectivity index (χ2v) is 35.8. The van der Waals surface area contributed by atoms with Crippen LogP contribution in [0, 0.1) is 29.3 Å². The number of fused-ring (bicyclic) bond motifs is 3. The molecule has 6 aromatic rings. The number of unbranched alkanes of at least 4 members (excludes halogenated alkanes) is 1. The Labute approximate surface area is 780 Å². The minimum Gasteiger partial charge on any atom is -0.508 e. The number of nitrogens with zero attached hydrogens (tertiary/aromatic N) is 5. The molecule has 0 saturated carbocycles. The lowest BCUT2D eigenvalue weighted by Crippen LogP contribution is -2.62. The molecular formula is C93H117F3N16O22S. The fourth-order valence-corrected chi connectivity index (χ4v) is 17.3. The number of rotatable bonds is 24. The van der Waals surface area contributed by atoms with Gasteiger partial charge in [-0.25, -0.2) is 13.2 Å². The number of carboxylic acids is 2. The minimum atomic E-state index is -2.00. The molecule has 0 radical (unpaired) electrons. The average Bonchev–Trinajstić information content (AvgIpc) is 1.74. The maximum Gasteiger partial charge on any atom is 0.305 e.